The lowest BCUT2D eigenvalue weighted by atomic mass is 10.1. The van der Waals surface area contributed by atoms with Crippen molar-refractivity contribution in [1.29, 1.82) is 0 Å². The van der Waals surface area contributed by atoms with Gasteiger partial charge in [0.1, 0.15) is 12.6 Å². The first kappa shape index (κ1) is 27.7. The van der Waals surface area contributed by atoms with Gasteiger partial charge in [0, 0.05) is 12.6 Å². The maximum Gasteiger partial charge on any atom is 0.244 e. The van der Waals surface area contributed by atoms with Gasteiger partial charge in [-0.15, -0.1) is 0 Å². The fraction of sp³-hybridized carbons (Fsp3) is 0.500. The predicted molar refractivity (Wildman–Crippen MR) is 144 cm³/mol. The lowest BCUT2D eigenvalue weighted by Gasteiger charge is -2.33. The summed E-state index contributed by atoms with van der Waals surface area (Å²) >= 11 is 0. The molecule has 2 aromatic rings. The van der Waals surface area contributed by atoms with Crippen molar-refractivity contribution in [2.45, 2.75) is 77.9 Å². The highest BCUT2D eigenvalue weighted by atomic mass is 32.2. The van der Waals surface area contributed by atoms with Crippen molar-refractivity contribution >= 4 is 27.5 Å². The molecule has 0 saturated heterocycles. The molecule has 3 rings (SSSR count). The summed E-state index contributed by atoms with van der Waals surface area (Å²) in [5.74, 6) is -0.582. The number of hydrogen-bond donors (Lipinski definition) is 1. The fourth-order valence-corrected chi connectivity index (χ4v) is 5.62. The smallest absolute Gasteiger partial charge is 0.244 e. The molecule has 1 aliphatic carbocycles. The van der Waals surface area contributed by atoms with Crippen LogP contribution < -0.4 is 9.62 Å². The van der Waals surface area contributed by atoms with E-state index < -0.39 is 22.0 Å². The zero-order valence-electron chi connectivity index (χ0n) is 21.9. The van der Waals surface area contributed by atoms with Crippen molar-refractivity contribution < 1.29 is 18.0 Å². The van der Waals surface area contributed by atoms with Crippen LogP contribution in [-0.4, -0.2) is 50.0 Å². The van der Waals surface area contributed by atoms with Gasteiger partial charge in [-0.05, 0) is 61.4 Å². The summed E-state index contributed by atoms with van der Waals surface area (Å²) in [4.78, 5) is 28.7. The summed E-state index contributed by atoms with van der Waals surface area (Å²) in [5.41, 5.74) is 3.45. The Labute approximate surface area is 215 Å². The lowest BCUT2D eigenvalue weighted by Crippen LogP contribution is -2.53. The van der Waals surface area contributed by atoms with E-state index in [-0.39, 0.29) is 25.0 Å². The Morgan fingerprint density at radius 3 is 2.22 bits per heavy atom. The number of nitrogens with zero attached hydrogens (tertiary/aromatic N) is 2. The molecule has 1 fully saturated rings. The molecular weight excluding hydrogens is 474 g/mol. The molecule has 2 amide bonds. The molecule has 36 heavy (non-hydrogen) atoms. The van der Waals surface area contributed by atoms with Crippen LogP contribution in [0.2, 0.25) is 0 Å². The van der Waals surface area contributed by atoms with Crippen LogP contribution in [0.3, 0.4) is 0 Å². The molecule has 196 valence electrons. The number of aryl methyl sites for hydroxylation is 2. The first-order valence-electron chi connectivity index (χ1n) is 12.8. The third-order valence-corrected chi connectivity index (χ3v) is 8.14. The maximum atomic E-state index is 13.8. The molecule has 7 nitrogen and oxygen atoms in total. The molecule has 1 aliphatic rings. The minimum absolute atomic E-state index is 0.131. The SMILES string of the molecule is CCc1ccc(N(CC(=O)N(Cc2ccccc2C)[C@H](CC)C(=O)NC2CCCC2)S(C)(=O)=O)cc1. The standard InChI is InChI=1S/C28H39N3O4S/c1-5-22-15-17-25(18-16-22)31(36(4,34)35)20-27(32)30(19-23-12-8-7-11-21(23)3)26(6-2)28(33)29-24-13-9-10-14-24/h7-8,11-12,15-18,24,26H,5-6,9-10,13-14,19-20H2,1-4H3,(H,29,33)/t26-/m1/s1. The highest BCUT2D eigenvalue weighted by Crippen LogP contribution is 2.22. The maximum absolute atomic E-state index is 13.8. The molecule has 1 atom stereocenters. The van der Waals surface area contributed by atoms with E-state index in [0.29, 0.717) is 12.1 Å². The monoisotopic (exact) mass is 513 g/mol. The van der Waals surface area contributed by atoms with Gasteiger partial charge < -0.3 is 10.2 Å². The first-order valence-corrected chi connectivity index (χ1v) is 14.7. The number of sulfonamides is 1. The van der Waals surface area contributed by atoms with E-state index in [1.54, 1.807) is 17.0 Å². The third-order valence-electron chi connectivity index (χ3n) is 7.00. The van der Waals surface area contributed by atoms with Crippen molar-refractivity contribution in [2.24, 2.45) is 0 Å². The lowest BCUT2D eigenvalue weighted by molar-refractivity contribution is -0.140. The van der Waals surface area contributed by atoms with E-state index in [2.05, 4.69) is 5.32 Å². The van der Waals surface area contributed by atoms with Gasteiger partial charge in [-0.1, -0.05) is 63.1 Å². The second kappa shape index (κ2) is 12.4. The van der Waals surface area contributed by atoms with Gasteiger partial charge in [0.15, 0.2) is 0 Å². The van der Waals surface area contributed by atoms with Gasteiger partial charge in [0.2, 0.25) is 21.8 Å². The Morgan fingerprint density at radius 1 is 1.03 bits per heavy atom. The zero-order valence-corrected chi connectivity index (χ0v) is 22.7. The van der Waals surface area contributed by atoms with Gasteiger partial charge in [-0.25, -0.2) is 8.42 Å². The van der Waals surface area contributed by atoms with E-state index in [4.69, 9.17) is 0 Å². The van der Waals surface area contributed by atoms with Crippen LogP contribution in [0.5, 0.6) is 0 Å². The molecule has 0 spiro atoms. The Kier molecular flexibility index (Phi) is 9.54. The molecule has 2 aromatic carbocycles. The van der Waals surface area contributed by atoms with Crippen LogP contribution in [-0.2, 0) is 32.6 Å². The van der Waals surface area contributed by atoms with Gasteiger partial charge in [0.05, 0.1) is 11.9 Å². The van der Waals surface area contributed by atoms with Crippen LogP contribution in [0.25, 0.3) is 0 Å². The number of nitrogens with one attached hydrogen (secondary N) is 1. The normalized spacial score (nSPS) is 14.9. The number of benzene rings is 2. The van der Waals surface area contributed by atoms with Gasteiger partial charge in [-0.2, -0.15) is 0 Å². The molecule has 0 aromatic heterocycles. The number of anilines is 1. The summed E-state index contributed by atoms with van der Waals surface area (Å²) in [6, 6.07) is 14.4. The minimum Gasteiger partial charge on any atom is -0.352 e. The van der Waals surface area contributed by atoms with E-state index in [9.17, 15) is 18.0 Å². The van der Waals surface area contributed by atoms with Crippen LogP contribution in [0.4, 0.5) is 5.69 Å². The van der Waals surface area contributed by atoms with E-state index in [1.165, 1.54) is 0 Å². The Bertz CT molecular complexity index is 1140. The molecule has 0 unspecified atom stereocenters. The summed E-state index contributed by atoms with van der Waals surface area (Å²) < 4.78 is 26.6. The number of carbonyl (C=O) groups excluding carboxylic acids is 2. The average Bonchev–Trinajstić information content (AvgIpc) is 3.36. The largest absolute Gasteiger partial charge is 0.352 e. The number of amides is 2. The van der Waals surface area contributed by atoms with Gasteiger partial charge >= 0.3 is 0 Å². The molecule has 0 heterocycles. The van der Waals surface area contributed by atoms with E-state index in [0.717, 1.165) is 59.4 Å². The topological polar surface area (TPSA) is 86.8 Å². The average molecular weight is 514 g/mol. The second-order valence-corrected chi connectivity index (χ2v) is 11.6. The molecular formula is C28H39N3O4S. The Balaban J connectivity index is 1.92. The van der Waals surface area contributed by atoms with Gasteiger partial charge in [-0.3, -0.25) is 13.9 Å². The number of hydrogen-bond acceptors (Lipinski definition) is 4. The minimum atomic E-state index is -3.73. The van der Waals surface area contributed by atoms with E-state index in [1.807, 2.05) is 57.2 Å². The van der Waals surface area contributed by atoms with Crippen LogP contribution >= 0.6 is 0 Å². The summed E-state index contributed by atoms with van der Waals surface area (Å²) in [5, 5.41) is 3.13. The number of rotatable bonds is 11. The Hall–Kier alpha value is -2.87. The van der Waals surface area contributed by atoms with Crippen molar-refractivity contribution in [3.63, 3.8) is 0 Å². The molecule has 0 radical (unpaired) electrons. The van der Waals surface area contributed by atoms with E-state index >= 15 is 0 Å². The predicted octanol–water partition coefficient (Wildman–Crippen LogP) is 4.19. The highest BCUT2D eigenvalue weighted by molar-refractivity contribution is 7.92. The molecule has 1 N–H and O–H groups in total. The number of carbonyl (C=O) groups is 2. The van der Waals surface area contributed by atoms with Crippen LogP contribution in [0.1, 0.15) is 62.6 Å². The fourth-order valence-electron chi connectivity index (χ4n) is 4.77. The summed E-state index contributed by atoms with van der Waals surface area (Å²) in [6.45, 7) is 5.74. The third kappa shape index (κ3) is 7.09. The molecule has 0 aliphatic heterocycles. The zero-order chi connectivity index (χ0) is 26.3. The highest BCUT2D eigenvalue weighted by Gasteiger charge is 2.33. The molecule has 1 saturated carbocycles. The van der Waals surface area contributed by atoms with Gasteiger partial charge in [0.25, 0.3) is 0 Å². The summed E-state index contributed by atoms with van der Waals surface area (Å²) in [7, 11) is -3.73. The van der Waals surface area contributed by atoms with Crippen molar-refractivity contribution in [3.05, 3.63) is 65.2 Å². The quantitative estimate of drug-likeness (QED) is 0.488. The second-order valence-electron chi connectivity index (χ2n) is 9.65. The van der Waals surface area contributed by atoms with Crippen molar-refractivity contribution in [3.8, 4) is 0 Å². The Morgan fingerprint density at radius 2 is 1.67 bits per heavy atom. The van der Waals surface area contributed by atoms with Crippen LogP contribution in [0.15, 0.2) is 48.5 Å². The molecule has 0 bridgehead atoms. The summed E-state index contributed by atoms with van der Waals surface area (Å²) in [6.07, 6.45) is 6.44. The van der Waals surface area contributed by atoms with Crippen LogP contribution in [0, 0.1) is 6.92 Å². The van der Waals surface area contributed by atoms with Crippen molar-refractivity contribution in [1.82, 2.24) is 10.2 Å². The first-order chi connectivity index (χ1) is 17.1. The molecule has 8 heteroatoms. The van der Waals surface area contributed by atoms with Crippen molar-refractivity contribution in [2.75, 3.05) is 17.1 Å².